The van der Waals surface area contributed by atoms with Gasteiger partial charge in [-0.25, -0.2) is 4.39 Å². The number of carbonyl (C=O) groups is 1. The summed E-state index contributed by atoms with van der Waals surface area (Å²) in [6.07, 6.45) is -0.992. The van der Waals surface area contributed by atoms with Gasteiger partial charge >= 0.3 is 0 Å². The Kier molecular flexibility index (Phi) is 10.9. The first-order valence-corrected chi connectivity index (χ1v) is 3.22. The number of aliphatic hydroxyl groups is 1. The summed E-state index contributed by atoms with van der Waals surface area (Å²) in [5.41, 5.74) is 0. The van der Waals surface area contributed by atoms with E-state index in [-0.39, 0.29) is 45.2 Å². The van der Waals surface area contributed by atoms with Gasteiger partial charge in [-0.05, 0) is 0 Å². The van der Waals surface area contributed by atoms with Crippen LogP contribution in [0.4, 0.5) is 4.39 Å². The van der Waals surface area contributed by atoms with Gasteiger partial charge in [-0.2, -0.15) is 0 Å². The second kappa shape index (κ2) is 8.56. The number of halogens is 1. The van der Waals surface area contributed by atoms with Crippen LogP contribution < -0.4 is 5.32 Å². The molecule has 0 heterocycles. The predicted molar refractivity (Wildman–Crippen MR) is 35.3 cm³/mol. The number of hydrogen-bond acceptors (Lipinski definition) is 2. The zero-order chi connectivity index (χ0) is 7.98. The standard InChI is InChI=1S/C6H12FNO2.Y/c1-2-6(10)8-3-5(7)4-9;/h5,9H,2-4H2,1H3,(H,8,10);. The topological polar surface area (TPSA) is 49.3 Å². The van der Waals surface area contributed by atoms with Crippen LogP contribution in [0.2, 0.25) is 0 Å². The van der Waals surface area contributed by atoms with E-state index in [1.165, 1.54) is 0 Å². The first kappa shape index (κ1) is 14.0. The minimum atomic E-state index is -1.34. The molecule has 2 N–H and O–H groups in total. The van der Waals surface area contributed by atoms with E-state index in [2.05, 4.69) is 5.32 Å². The average molecular weight is 238 g/mol. The molecular weight excluding hydrogens is 226 g/mol. The van der Waals surface area contributed by atoms with Gasteiger partial charge in [0.2, 0.25) is 5.91 Å². The summed E-state index contributed by atoms with van der Waals surface area (Å²) in [5.74, 6) is -0.198. The summed E-state index contributed by atoms with van der Waals surface area (Å²) in [6, 6.07) is 0. The average Bonchev–Trinajstić information content (AvgIpc) is 1.99. The molecule has 0 aliphatic heterocycles. The zero-order valence-corrected chi connectivity index (χ0v) is 9.35. The van der Waals surface area contributed by atoms with Crippen LogP contribution in [0.5, 0.6) is 0 Å². The van der Waals surface area contributed by atoms with Crippen LogP contribution in [0, 0.1) is 0 Å². The van der Waals surface area contributed by atoms with E-state index in [0.717, 1.165) is 0 Å². The zero-order valence-electron chi connectivity index (χ0n) is 6.51. The molecule has 0 aliphatic rings. The van der Waals surface area contributed by atoms with Crippen molar-refractivity contribution in [2.75, 3.05) is 13.2 Å². The first-order valence-electron chi connectivity index (χ1n) is 3.22. The Morgan fingerprint density at radius 1 is 1.73 bits per heavy atom. The van der Waals surface area contributed by atoms with Crippen molar-refractivity contribution in [1.29, 1.82) is 0 Å². The molecular formula is C6H12FNO2Y. The summed E-state index contributed by atoms with van der Waals surface area (Å²) >= 11 is 0. The molecule has 3 nitrogen and oxygen atoms in total. The number of aliphatic hydroxyl groups excluding tert-OH is 1. The quantitative estimate of drug-likeness (QED) is 0.715. The van der Waals surface area contributed by atoms with Crippen molar-refractivity contribution in [3.63, 3.8) is 0 Å². The molecule has 0 spiro atoms. The largest absolute Gasteiger partial charge is 0.393 e. The van der Waals surface area contributed by atoms with Crippen LogP contribution in [0.3, 0.4) is 0 Å². The van der Waals surface area contributed by atoms with E-state index < -0.39 is 12.8 Å². The van der Waals surface area contributed by atoms with Gasteiger partial charge in [0.15, 0.2) is 0 Å². The van der Waals surface area contributed by atoms with E-state index in [4.69, 9.17) is 5.11 Å². The maximum absolute atomic E-state index is 12.2. The SMILES string of the molecule is CCC(=O)NCC(F)CO.[Y]. The van der Waals surface area contributed by atoms with Crippen LogP contribution in [-0.2, 0) is 37.5 Å². The van der Waals surface area contributed by atoms with E-state index in [0.29, 0.717) is 6.42 Å². The number of amides is 1. The van der Waals surface area contributed by atoms with Crippen molar-refractivity contribution in [2.24, 2.45) is 0 Å². The fourth-order valence-electron chi connectivity index (χ4n) is 0.414. The van der Waals surface area contributed by atoms with E-state index in [9.17, 15) is 9.18 Å². The Balaban J connectivity index is 0. The third kappa shape index (κ3) is 8.37. The molecule has 1 atom stereocenters. The third-order valence-electron chi connectivity index (χ3n) is 1.04. The van der Waals surface area contributed by atoms with Crippen molar-refractivity contribution in [2.45, 2.75) is 19.5 Å². The number of alkyl halides is 1. The molecule has 0 aromatic carbocycles. The molecule has 1 amide bonds. The van der Waals surface area contributed by atoms with Crippen molar-refractivity contribution >= 4 is 5.91 Å². The number of carbonyl (C=O) groups excluding carboxylic acids is 1. The Morgan fingerprint density at radius 3 is 2.64 bits per heavy atom. The summed E-state index contributed by atoms with van der Waals surface area (Å²) in [6.45, 7) is 1.05. The molecule has 0 aromatic rings. The second-order valence-corrected chi connectivity index (χ2v) is 1.94. The third-order valence-corrected chi connectivity index (χ3v) is 1.04. The predicted octanol–water partition coefficient (Wildman–Crippen LogP) is -0.159. The molecule has 0 rings (SSSR count). The van der Waals surface area contributed by atoms with Gasteiger partial charge < -0.3 is 10.4 Å². The van der Waals surface area contributed by atoms with Gasteiger partial charge in [0.05, 0.1) is 13.2 Å². The van der Waals surface area contributed by atoms with Gasteiger partial charge in [0.25, 0.3) is 0 Å². The molecule has 5 heteroatoms. The number of hydrogen-bond donors (Lipinski definition) is 2. The summed E-state index contributed by atoms with van der Waals surface area (Å²) in [7, 11) is 0. The normalized spacial score (nSPS) is 11.5. The van der Waals surface area contributed by atoms with Crippen LogP contribution in [-0.4, -0.2) is 30.3 Å². The van der Waals surface area contributed by atoms with Crippen LogP contribution in [0.25, 0.3) is 0 Å². The minimum Gasteiger partial charge on any atom is -0.393 e. The van der Waals surface area contributed by atoms with Crippen molar-refractivity contribution < 1.29 is 47.0 Å². The summed E-state index contributed by atoms with van der Waals surface area (Å²) in [4.78, 5) is 10.5. The Bertz CT molecular complexity index is 113. The van der Waals surface area contributed by atoms with Crippen molar-refractivity contribution in [3.8, 4) is 0 Å². The van der Waals surface area contributed by atoms with Crippen molar-refractivity contribution in [3.05, 3.63) is 0 Å². The van der Waals surface area contributed by atoms with E-state index in [1.807, 2.05) is 0 Å². The Labute approximate surface area is 90.6 Å². The van der Waals surface area contributed by atoms with Gasteiger partial charge in [0, 0.05) is 39.1 Å². The van der Waals surface area contributed by atoms with Gasteiger partial charge in [-0.15, -0.1) is 0 Å². The van der Waals surface area contributed by atoms with Gasteiger partial charge in [-0.1, -0.05) is 6.92 Å². The Hall–Kier alpha value is 0.464. The van der Waals surface area contributed by atoms with Gasteiger partial charge in [0.1, 0.15) is 6.17 Å². The molecule has 0 fully saturated rings. The minimum absolute atomic E-state index is 0. The van der Waals surface area contributed by atoms with E-state index >= 15 is 0 Å². The summed E-state index contributed by atoms with van der Waals surface area (Å²) in [5, 5.41) is 10.5. The van der Waals surface area contributed by atoms with Crippen LogP contribution >= 0.6 is 0 Å². The smallest absolute Gasteiger partial charge is 0.219 e. The Morgan fingerprint density at radius 2 is 2.27 bits per heavy atom. The van der Waals surface area contributed by atoms with Crippen LogP contribution in [0.15, 0.2) is 0 Å². The molecule has 0 saturated carbocycles. The monoisotopic (exact) mass is 238 g/mol. The molecule has 0 aliphatic carbocycles. The molecule has 0 bridgehead atoms. The maximum atomic E-state index is 12.2. The second-order valence-electron chi connectivity index (χ2n) is 1.94. The number of nitrogens with one attached hydrogen (secondary N) is 1. The molecule has 0 saturated heterocycles. The maximum Gasteiger partial charge on any atom is 0.219 e. The number of rotatable bonds is 4. The molecule has 63 valence electrons. The molecule has 11 heavy (non-hydrogen) atoms. The fraction of sp³-hybridized carbons (Fsp3) is 0.833. The fourth-order valence-corrected chi connectivity index (χ4v) is 0.414. The van der Waals surface area contributed by atoms with Crippen LogP contribution in [0.1, 0.15) is 13.3 Å². The van der Waals surface area contributed by atoms with E-state index in [1.54, 1.807) is 6.92 Å². The molecule has 0 aromatic heterocycles. The first-order chi connectivity index (χ1) is 4.70. The van der Waals surface area contributed by atoms with Gasteiger partial charge in [-0.3, -0.25) is 4.79 Å². The summed E-state index contributed by atoms with van der Waals surface area (Å²) < 4.78 is 12.2. The molecule has 1 radical (unpaired) electrons. The van der Waals surface area contributed by atoms with Crippen molar-refractivity contribution in [1.82, 2.24) is 5.32 Å². The molecule has 1 unspecified atom stereocenters.